The van der Waals surface area contributed by atoms with Gasteiger partial charge in [0.2, 0.25) is 0 Å². The number of ketones is 1. The molecule has 0 saturated heterocycles. The van der Waals surface area contributed by atoms with E-state index in [1.807, 2.05) is 6.08 Å². The van der Waals surface area contributed by atoms with Crippen LogP contribution in [-0.2, 0) is 9.59 Å². The van der Waals surface area contributed by atoms with Crippen molar-refractivity contribution in [1.29, 1.82) is 0 Å². The summed E-state index contributed by atoms with van der Waals surface area (Å²) in [6.45, 7) is 2.22. The first-order valence-corrected chi connectivity index (χ1v) is 11.1. The van der Waals surface area contributed by atoms with Crippen LogP contribution in [0.15, 0.2) is 12.2 Å². The molecule has 0 unspecified atom stereocenters. The average molecular weight is 379 g/mol. The SMILES string of the molecule is CCCCCCC[C@]1(O)CC[C@H]2[C@H](CC(=O)[C@@H]2CC=CCCCC(=O)O)C1. The Labute approximate surface area is 164 Å². The minimum Gasteiger partial charge on any atom is -0.481 e. The summed E-state index contributed by atoms with van der Waals surface area (Å²) in [4.78, 5) is 23.0. The summed E-state index contributed by atoms with van der Waals surface area (Å²) in [7, 11) is 0. The van der Waals surface area contributed by atoms with E-state index in [0.717, 1.165) is 44.9 Å². The molecule has 154 valence electrons. The number of aliphatic carboxylic acids is 1. The Kier molecular flexibility index (Phi) is 9.01. The maximum atomic E-state index is 12.5. The molecule has 4 nitrogen and oxygen atoms in total. The van der Waals surface area contributed by atoms with Gasteiger partial charge in [-0.2, -0.15) is 0 Å². The van der Waals surface area contributed by atoms with Gasteiger partial charge in [-0.25, -0.2) is 0 Å². The number of carbonyl (C=O) groups excluding carboxylic acids is 1. The molecule has 2 fully saturated rings. The van der Waals surface area contributed by atoms with Gasteiger partial charge in [0.25, 0.3) is 0 Å². The van der Waals surface area contributed by atoms with E-state index in [1.165, 1.54) is 25.7 Å². The molecule has 0 amide bonds. The van der Waals surface area contributed by atoms with Gasteiger partial charge in [0.15, 0.2) is 0 Å². The van der Waals surface area contributed by atoms with Crippen molar-refractivity contribution in [1.82, 2.24) is 0 Å². The van der Waals surface area contributed by atoms with Crippen LogP contribution in [0.2, 0.25) is 0 Å². The lowest BCUT2D eigenvalue weighted by Crippen LogP contribution is -2.38. The lowest BCUT2D eigenvalue weighted by Gasteiger charge is -2.40. The molecule has 2 aliphatic carbocycles. The largest absolute Gasteiger partial charge is 0.481 e. The van der Waals surface area contributed by atoms with Crippen molar-refractivity contribution in [3.63, 3.8) is 0 Å². The minimum atomic E-state index is -0.753. The highest BCUT2D eigenvalue weighted by Crippen LogP contribution is 2.49. The van der Waals surface area contributed by atoms with Crippen molar-refractivity contribution in [3.05, 3.63) is 12.2 Å². The topological polar surface area (TPSA) is 74.6 Å². The maximum absolute atomic E-state index is 12.5. The molecule has 0 aromatic rings. The van der Waals surface area contributed by atoms with Crippen molar-refractivity contribution < 1.29 is 19.8 Å². The Morgan fingerprint density at radius 1 is 1.19 bits per heavy atom. The number of carboxylic acids is 1. The number of rotatable bonds is 12. The molecule has 4 atom stereocenters. The van der Waals surface area contributed by atoms with Crippen molar-refractivity contribution >= 4 is 11.8 Å². The number of allylic oxidation sites excluding steroid dienone is 2. The number of Topliss-reactive ketones (excluding diaryl/α,β-unsaturated/α-hetero) is 1. The van der Waals surface area contributed by atoms with Crippen molar-refractivity contribution in [2.45, 2.75) is 102 Å². The summed E-state index contributed by atoms with van der Waals surface area (Å²) in [5.74, 6) is 0.517. The number of aliphatic hydroxyl groups is 1. The van der Waals surface area contributed by atoms with E-state index in [1.54, 1.807) is 0 Å². The zero-order valence-corrected chi connectivity index (χ0v) is 17.0. The van der Waals surface area contributed by atoms with Gasteiger partial charge >= 0.3 is 5.97 Å². The van der Waals surface area contributed by atoms with Crippen LogP contribution in [0.25, 0.3) is 0 Å². The normalized spacial score (nSPS) is 30.7. The molecule has 2 saturated carbocycles. The third-order valence-electron chi connectivity index (χ3n) is 6.65. The molecule has 0 radical (unpaired) electrons. The highest BCUT2D eigenvalue weighted by molar-refractivity contribution is 5.84. The summed E-state index contributed by atoms with van der Waals surface area (Å²) in [5.41, 5.74) is -0.546. The van der Waals surface area contributed by atoms with Gasteiger partial charge in [-0.15, -0.1) is 0 Å². The van der Waals surface area contributed by atoms with Gasteiger partial charge in [0.1, 0.15) is 5.78 Å². The van der Waals surface area contributed by atoms with E-state index in [9.17, 15) is 14.7 Å². The van der Waals surface area contributed by atoms with Crippen LogP contribution in [0, 0.1) is 17.8 Å². The monoisotopic (exact) mass is 378 g/mol. The predicted octanol–water partition coefficient (Wildman–Crippen LogP) is 5.28. The minimum absolute atomic E-state index is 0.111. The van der Waals surface area contributed by atoms with Gasteiger partial charge in [0.05, 0.1) is 5.60 Å². The molecule has 0 heterocycles. The summed E-state index contributed by atoms with van der Waals surface area (Å²) >= 11 is 0. The Morgan fingerprint density at radius 3 is 2.70 bits per heavy atom. The maximum Gasteiger partial charge on any atom is 0.303 e. The summed E-state index contributed by atoms with van der Waals surface area (Å²) in [5, 5.41) is 19.6. The highest BCUT2D eigenvalue weighted by Gasteiger charge is 2.48. The second-order valence-corrected chi connectivity index (χ2v) is 8.83. The molecular formula is C23H38O4. The van der Waals surface area contributed by atoms with Crippen LogP contribution < -0.4 is 0 Å². The second-order valence-electron chi connectivity index (χ2n) is 8.83. The van der Waals surface area contributed by atoms with Crippen LogP contribution in [-0.4, -0.2) is 27.6 Å². The molecular weight excluding hydrogens is 340 g/mol. The number of hydrogen-bond donors (Lipinski definition) is 2. The van der Waals surface area contributed by atoms with Crippen molar-refractivity contribution in [2.24, 2.45) is 17.8 Å². The number of carbonyl (C=O) groups is 2. The van der Waals surface area contributed by atoms with E-state index in [-0.39, 0.29) is 12.3 Å². The predicted molar refractivity (Wildman–Crippen MR) is 108 cm³/mol. The zero-order valence-electron chi connectivity index (χ0n) is 17.0. The molecule has 4 heteroatoms. The Balaban J connectivity index is 1.75. The van der Waals surface area contributed by atoms with Gasteiger partial charge in [-0.05, 0) is 56.8 Å². The lowest BCUT2D eigenvalue weighted by molar-refractivity contribution is -0.137. The molecule has 0 aromatic carbocycles. The first-order chi connectivity index (χ1) is 12.9. The van der Waals surface area contributed by atoms with Gasteiger partial charge < -0.3 is 10.2 Å². The van der Waals surface area contributed by atoms with E-state index < -0.39 is 11.6 Å². The van der Waals surface area contributed by atoms with Gasteiger partial charge in [0, 0.05) is 18.8 Å². The molecule has 2 aliphatic rings. The average Bonchev–Trinajstić information content (AvgIpc) is 2.91. The number of fused-ring (bicyclic) bond motifs is 1. The number of hydrogen-bond acceptors (Lipinski definition) is 3. The smallest absolute Gasteiger partial charge is 0.303 e. The molecule has 2 rings (SSSR count). The van der Waals surface area contributed by atoms with Gasteiger partial charge in [-0.1, -0.05) is 51.2 Å². The third kappa shape index (κ3) is 7.06. The zero-order chi connectivity index (χ0) is 19.7. The Hall–Kier alpha value is -1.16. The Morgan fingerprint density at radius 2 is 1.96 bits per heavy atom. The first kappa shape index (κ1) is 22.1. The van der Waals surface area contributed by atoms with Crippen LogP contribution in [0.4, 0.5) is 0 Å². The van der Waals surface area contributed by atoms with E-state index in [2.05, 4.69) is 13.0 Å². The van der Waals surface area contributed by atoms with Crippen LogP contribution >= 0.6 is 0 Å². The van der Waals surface area contributed by atoms with E-state index in [4.69, 9.17) is 5.11 Å². The second kappa shape index (κ2) is 11.0. The fraction of sp³-hybridized carbons (Fsp3) is 0.826. The highest BCUT2D eigenvalue weighted by atomic mass is 16.4. The van der Waals surface area contributed by atoms with Crippen molar-refractivity contribution in [2.75, 3.05) is 0 Å². The van der Waals surface area contributed by atoms with Crippen LogP contribution in [0.1, 0.15) is 96.8 Å². The van der Waals surface area contributed by atoms with Crippen LogP contribution in [0.3, 0.4) is 0 Å². The van der Waals surface area contributed by atoms with Crippen LogP contribution in [0.5, 0.6) is 0 Å². The summed E-state index contributed by atoms with van der Waals surface area (Å²) in [6.07, 6.45) is 16.7. The first-order valence-electron chi connectivity index (χ1n) is 11.1. The standard InChI is InChI=1S/C23H38O4/c1-2-3-4-7-10-14-23(27)15-13-19-18(17-23)16-21(24)20(19)11-8-5-6-9-12-22(25)26/h5,8,18-20,27H,2-4,6-7,9-17H2,1H3,(H,25,26)/t18-,19+,20-,23+/m1/s1. The van der Waals surface area contributed by atoms with E-state index >= 15 is 0 Å². The number of unbranched alkanes of at least 4 members (excludes halogenated alkanes) is 5. The van der Waals surface area contributed by atoms with E-state index in [0.29, 0.717) is 30.5 Å². The number of carboxylic acid groups (broad SMARTS) is 1. The fourth-order valence-electron chi connectivity index (χ4n) is 5.14. The lowest BCUT2D eigenvalue weighted by atomic mass is 9.69. The van der Waals surface area contributed by atoms with Crippen molar-refractivity contribution in [3.8, 4) is 0 Å². The molecule has 2 N–H and O–H groups in total. The molecule has 0 aromatic heterocycles. The molecule has 0 bridgehead atoms. The van der Waals surface area contributed by atoms with Gasteiger partial charge in [-0.3, -0.25) is 9.59 Å². The fourth-order valence-corrected chi connectivity index (χ4v) is 5.14. The Bertz CT molecular complexity index is 513. The molecule has 0 spiro atoms. The molecule has 0 aliphatic heterocycles. The molecule has 27 heavy (non-hydrogen) atoms. The third-order valence-corrected chi connectivity index (χ3v) is 6.65. The summed E-state index contributed by atoms with van der Waals surface area (Å²) < 4.78 is 0. The quantitative estimate of drug-likeness (QED) is 0.358. The summed E-state index contributed by atoms with van der Waals surface area (Å²) in [6, 6.07) is 0.